The third-order valence-corrected chi connectivity index (χ3v) is 5.38. The molecule has 3 heteroatoms. The topological polar surface area (TPSA) is 24.5 Å². The van der Waals surface area contributed by atoms with Crippen molar-refractivity contribution in [1.82, 2.24) is 10.2 Å². The van der Waals surface area contributed by atoms with Gasteiger partial charge < -0.3 is 15.0 Å². The number of nitrogens with zero attached hydrogens (tertiary/aromatic N) is 1. The van der Waals surface area contributed by atoms with Gasteiger partial charge in [0.2, 0.25) is 0 Å². The molecule has 2 saturated heterocycles. The second kappa shape index (κ2) is 7.77. The third-order valence-electron chi connectivity index (χ3n) is 5.38. The van der Waals surface area contributed by atoms with Crippen molar-refractivity contribution in [3.05, 3.63) is 0 Å². The van der Waals surface area contributed by atoms with E-state index >= 15 is 0 Å². The molecule has 0 saturated carbocycles. The summed E-state index contributed by atoms with van der Waals surface area (Å²) in [6.45, 7) is 11.6. The number of likely N-dealkylation sites (tertiary alicyclic amines) is 1. The number of nitrogens with one attached hydrogen (secondary N) is 1. The van der Waals surface area contributed by atoms with Crippen molar-refractivity contribution in [2.24, 2.45) is 0 Å². The molecule has 118 valence electrons. The molecule has 0 bridgehead atoms. The molecule has 0 aliphatic carbocycles. The molecule has 0 radical (unpaired) electrons. The molecule has 1 unspecified atom stereocenters. The van der Waals surface area contributed by atoms with E-state index in [1.807, 2.05) is 0 Å². The Labute approximate surface area is 125 Å². The lowest BCUT2D eigenvalue weighted by molar-refractivity contribution is -0.0946. The Kier molecular flexibility index (Phi) is 6.31. The average molecular weight is 282 g/mol. The molecule has 0 aromatic carbocycles. The van der Waals surface area contributed by atoms with Gasteiger partial charge in [-0.1, -0.05) is 20.8 Å². The smallest absolute Gasteiger partial charge is 0.0692 e. The minimum Gasteiger partial charge on any atom is -0.375 e. The van der Waals surface area contributed by atoms with Crippen LogP contribution in [0.15, 0.2) is 0 Å². The van der Waals surface area contributed by atoms with E-state index in [9.17, 15) is 0 Å². The quantitative estimate of drug-likeness (QED) is 0.810. The molecule has 0 aromatic heterocycles. The summed E-state index contributed by atoms with van der Waals surface area (Å²) in [5.74, 6) is 0. The van der Waals surface area contributed by atoms with Gasteiger partial charge >= 0.3 is 0 Å². The van der Waals surface area contributed by atoms with Crippen LogP contribution >= 0.6 is 0 Å². The molecular weight excluding hydrogens is 248 g/mol. The molecule has 0 amide bonds. The maximum atomic E-state index is 6.08. The molecular formula is C17H34N2O. The van der Waals surface area contributed by atoms with Gasteiger partial charge in [0, 0.05) is 18.7 Å². The summed E-state index contributed by atoms with van der Waals surface area (Å²) in [5, 5.41) is 3.94. The molecule has 2 fully saturated rings. The van der Waals surface area contributed by atoms with Crippen LogP contribution in [0.4, 0.5) is 0 Å². The first-order valence-electron chi connectivity index (χ1n) is 8.83. The van der Waals surface area contributed by atoms with Gasteiger partial charge in [-0.2, -0.15) is 0 Å². The summed E-state index contributed by atoms with van der Waals surface area (Å²) in [6, 6.07) is 1.41. The summed E-state index contributed by atoms with van der Waals surface area (Å²) >= 11 is 0. The normalized spacial score (nSPS) is 28.6. The number of ether oxygens (including phenoxy) is 1. The lowest BCUT2D eigenvalue weighted by atomic mass is 9.85. The number of hydrogen-bond donors (Lipinski definition) is 1. The van der Waals surface area contributed by atoms with Crippen LogP contribution in [0.1, 0.15) is 65.7 Å². The lowest BCUT2D eigenvalue weighted by Crippen LogP contribution is -2.51. The molecule has 2 rings (SSSR count). The molecule has 1 atom stereocenters. The van der Waals surface area contributed by atoms with E-state index in [1.165, 1.54) is 51.7 Å². The van der Waals surface area contributed by atoms with Crippen LogP contribution in [-0.4, -0.2) is 48.8 Å². The van der Waals surface area contributed by atoms with Crippen LogP contribution in [0.25, 0.3) is 0 Å². The van der Waals surface area contributed by atoms with Crippen molar-refractivity contribution in [3.63, 3.8) is 0 Å². The zero-order chi connectivity index (χ0) is 14.4. The highest BCUT2D eigenvalue weighted by atomic mass is 16.5. The monoisotopic (exact) mass is 282 g/mol. The van der Waals surface area contributed by atoms with Crippen molar-refractivity contribution in [3.8, 4) is 0 Å². The second-order valence-corrected chi connectivity index (χ2v) is 6.71. The molecule has 2 heterocycles. The van der Waals surface area contributed by atoms with Gasteiger partial charge in [-0.25, -0.2) is 0 Å². The van der Waals surface area contributed by atoms with Crippen LogP contribution < -0.4 is 5.32 Å². The van der Waals surface area contributed by atoms with Gasteiger partial charge in [0.15, 0.2) is 0 Å². The standard InChI is InChI=1S/C17H34N2O/c1-4-10-19-11-7-15(8-12-19)18-16-9-13-20-17(5-2,6-3)14-16/h15-16,18H,4-14H2,1-3H3. The van der Waals surface area contributed by atoms with Crippen molar-refractivity contribution in [2.45, 2.75) is 83.4 Å². The second-order valence-electron chi connectivity index (χ2n) is 6.71. The van der Waals surface area contributed by atoms with Gasteiger partial charge in [-0.15, -0.1) is 0 Å². The Morgan fingerprint density at radius 2 is 1.75 bits per heavy atom. The zero-order valence-electron chi connectivity index (χ0n) is 13.8. The van der Waals surface area contributed by atoms with Crippen LogP contribution in [0, 0.1) is 0 Å². The summed E-state index contributed by atoms with van der Waals surface area (Å²) in [4.78, 5) is 2.62. The van der Waals surface area contributed by atoms with E-state index in [2.05, 4.69) is 31.0 Å². The van der Waals surface area contributed by atoms with Crippen LogP contribution in [0.2, 0.25) is 0 Å². The fourth-order valence-corrected chi connectivity index (χ4v) is 3.89. The molecule has 2 aliphatic heterocycles. The highest BCUT2D eigenvalue weighted by molar-refractivity contribution is 4.90. The fraction of sp³-hybridized carbons (Fsp3) is 1.00. The van der Waals surface area contributed by atoms with E-state index < -0.39 is 0 Å². The molecule has 3 nitrogen and oxygen atoms in total. The first kappa shape index (κ1) is 16.3. The van der Waals surface area contributed by atoms with E-state index in [-0.39, 0.29) is 5.60 Å². The zero-order valence-corrected chi connectivity index (χ0v) is 13.8. The summed E-state index contributed by atoms with van der Waals surface area (Å²) in [5.41, 5.74) is 0.152. The van der Waals surface area contributed by atoms with Crippen molar-refractivity contribution < 1.29 is 4.74 Å². The van der Waals surface area contributed by atoms with E-state index in [0.717, 1.165) is 25.5 Å². The van der Waals surface area contributed by atoms with Crippen LogP contribution in [0.3, 0.4) is 0 Å². The number of hydrogen-bond acceptors (Lipinski definition) is 3. The van der Waals surface area contributed by atoms with E-state index in [1.54, 1.807) is 0 Å². The molecule has 20 heavy (non-hydrogen) atoms. The fourth-order valence-electron chi connectivity index (χ4n) is 3.89. The summed E-state index contributed by atoms with van der Waals surface area (Å²) in [7, 11) is 0. The third kappa shape index (κ3) is 4.19. The van der Waals surface area contributed by atoms with Crippen molar-refractivity contribution in [2.75, 3.05) is 26.2 Å². The number of piperidine rings is 1. The first-order valence-corrected chi connectivity index (χ1v) is 8.83. The highest BCUT2D eigenvalue weighted by Crippen LogP contribution is 2.31. The Morgan fingerprint density at radius 3 is 2.35 bits per heavy atom. The minimum absolute atomic E-state index is 0.152. The average Bonchev–Trinajstić information content (AvgIpc) is 2.50. The molecule has 0 aromatic rings. The van der Waals surface area contributed by atoms with Gasteiger partial charge in [0.05, 0.1) is 5.60 Å². The SMILES string of the molecule is CCCN1CCC(NC2CCOC(CC)(CC)C2)CC1. The maximum Gasteiger partial charge on any atom is 0.0692 e. The van der Waals surface area contributed by atoms with E-state index in [0.29, 0.717) is 6.04 Å². The number of rotatable bonds is 6. The van der Waals surface area contributed by atoms with Gasteiger partial charge in [0.25, 0.3) is 0 Å². The summed E-state index contributed by atoms with van der Waals surface area (Å²) in [6.07, 6.45) is 8.62. The Balaban J connectivity index is 1.76. The highest BCUT2D eigenvalue weighted by Gasteiger charge is 2.35. The molecule has 2 aliphatic rings. The lowest BCUT2D eigenvalue weighted by Gasteiger charge is -2.42. The summed E-state index contributed by atoms with van der Waals surface area (Å²) < 4.78 is 6.08. The largest absolute Gasteiger partial charge is 0.375 e. The van der Waals surface area contributed by atoms with E-state index in [4.69, 9.17) is 4.74 Å². The Hall–Kier alpha value is -0.120. The minimum atomic E-state index is 0.152. The first-order chi connectivity index (χ1) is 9.71. The Morgan fingerprint density at radius 1 is 1.05 bits per heavy atom. The van der Waals surface area contributed by atoms with Crippen LogP contribution in [0.5, 0.6) is 0 Å². The van der Waals surface area contributed by atoms with Crippen LogP contribution in [-0.2, 0) is 4.74 Å². The van der Waals surface area contributed by atoms with Gasteiger partial charge in [0.1, 0.15) is 0 Å². The van der Waals surface area contributed by atoms with Gasteiger partial charge in [-0.3, -0.25) is 0 Å². The predicted molar refractivity (Wildman–Crippen MR) is 85.2 cm³/mol. The molecule has 1 N–H and O–H groups in total. The Bertz CT molecular complexity index is 270. The maximum absolute atomic E-state index is 6.08. The predicted octanol–water partition coefficient (Wildman–Crippen LogP) is 3.19. The van der Waals surface area contributed by atoms with Crippen molar-refractivity contribution >= 4 is 0 Å². The molecule has 0 spiro atoms. The van der Waals surface area contributed by atoms with Gasteiger partial charge in [-0.05, 0) is 64.6 Å². The van der Waals surface area contributed by atoms with Crippen molar-refractivity contribution in [1.29, 1.82) is 0 Å².